The van der Waals surface area contributed by atoms with Gasteiger partial charge in [-0.25, -0.2) is 8.78 Å². The maximum absolute atomic E-state index is 12.7. The van der Waals surface area contributed by atoms with Gasteiger partial charge in [0.15, 0.2) is 0 Å². The molecule has 0 N–H and O–H groups in total. The molecule has 0 aliphatic carbocycles. The van der Waals surface area contributed by atoms with E-state index in [2.05, 4.69) is 4.98 Å². The zero-order chi connectivity index (χ0) is 14.3. The highest BCUT2D eigenvalue weighted by atomic mass is 19.1. The van der Waals surface area contributed by atoms with Gasteiger partial charge in [0.25, 0.3) is 0 Å². The van der Waals surface area contributed by atoms with Crippen molar-refractivity contribution >= 4 is 12.6 Å². The number of aromatic nitrogens is 1. The first-order valence-corrected chi connectivity index (χ1v) is 6.26. The number of alkyl halides is 2. The molecule has 1 aliphatic heterocycles. The lowest BCUT2D eigenvalue weighted by atomic mass is 9.79. The maximum Gasteiger partial charge on any atom is 0.494 e. The fourth-order valence-electron chi connectivity index (χ4n) is 1.93. The van der Waals surface area contributed by atoms with Crippen molar-refractivity contribution in [1.82, 2.24) is 4.98 Å². The predicted molar refractivity (Wildman–Crippen MR) is 69.6 cm³/mol. The Morgan fingerprint density at radius 3 is 1.79 bits per heavy atom. The van der Waals surface area contributed by atoms with E-state index in [0.29, 0.717) is 5.46 Å². The van der Waals surface area contributed by atoms with E-state index in [4.69, 9.17) is 9.31 Å². The SMILES string of the molecule is CC1(C)OB(c2cc(CF)nc(CF)c2)OC1(C)C. The monoisotopic (exact) mass is 269 g/mol. The Bertz CT molecular complexity index is 441. The Kier molecular flexibility index (Phi) is 3.66. The molecule has 0 saturated carbocycles. The van der Waals surface area contributed by atoms with Gasteiger partial charge in [-0.1, -0.05) is 0 Å². The van der Waals surface area contributed by atoms with Crippen molar-refractivity contribution in [3.8, 4) is 0 Å². The Morgan fingerprint density at radius 1 is 1.00 bits per heavy atom. The lowest BCUT2D eigenvalue weighted by molar-refractivity contribution is 0.00578. The molecule has 0 bridgehead atoms. The van der Waals surface area contributed by atoms with E-state index in [1.807, 2.05) is 27.7 Å². The van der Waals surface area contributed by atoms with Gasteiger partial charge in [0.05, 0.1) is 22.6 Å². The van der Waals surface area contributed by atoms with Gasteiger partial charge in [0, 0.05) is 0 Å². The van der Waals surface area contributed by atoms with Crippen LogP contribution >= 0.6 is 0 Å². The molecule has 0 aromatic carbocycles. The van der Waals surface area contributed by atoms with Gasteiger partial charge in [0.1, 0.15) is 13.3 Å². The second kappa shape index (κ2) is 4.83. The minimum Gasteiger partial charge on any atom is -0.399 e. The summed E-state index contributed by atoms with van der Waals surface area (Å²) in [6.45, 7) is 6.25. The number of rotatable bonds is 3. The highest BCUT2D eigenvalue weighted by Crippen LogP contribution is 2.36. The lowest BCUT2D eigenvalue weighted by Gasteiger charge is -2.32. The molecule has 3 nitrogen and oxygen atoms in total. The van der Waals surface area contributed by atoms with E-state index >= 15 is 0 Å². The molecule has 2 rings (SSSR count). The van der Waals surface area contributed by atoms with Crippen LogP contribution in [0.1, 0.15) is 39.1 Å². The van der Waals surface area contributed by atoms with Crippen LogP contribution in [0.15, 0.2) is 12.1 Å². The van der Waals surface area contributed by atoms with E-state index < -0.39 is 31.7 Å². The zero-order valence-electron chi connectivity index (χ0n) is 11.7. The Hall–Kier alpha value is -1.01. The summed E-state index contributed by atoms with van der Waals surface area (Å²) in [5.74, 6) is 0. The van der Waals surface area contributed by atoms with Crippen LogP contribution in [0.3, 0.4) is 0 Å². The molecule has 0 radical (unpaired) electrons. The van der Waals surface area contributed by atoms with Crippen molar-refractivity contribution in [2.24, 2.45) is 0 Å². The number of pyridine rings is 1. The summed E-state index contributed by atoms with van der Waals surface area (Å²) >= 11 is 0. The first kappa shape index (κ1) is 14.4. The van der Waals surface area contributed by atoms with Crippen molar-refractivity contribution in [3.05, 3.63) is 23.5 Å². The average Bonchev–Trinajstić information content (AvgIpc) is 2.58. The van der Waals surface area contributed by atoms with E-state index in [-0.39, 0.29) is 11.4 Å². The second-order valence-corrected chi connectivity index (χ2v) is 5.74. The second-order valence-electron chi connectivity index (χ2n) is 5.74. The van der Waals surface area contributed by atoms with Crippen LogP contribution in [0, 0.1) is 0 Å². The van der Waals surface area contributed by atoms with Crippen LogP contribution in [-0.4, -0.2) is 23.3 Å². The topological polar surface area (TPSA) is 31.4 Å². The van der Waals surface area contributed by atoms with E-state index in [1.165, 1.54) is 0 Å². The smallest absolute Gasteiger partial charge is 0.399 e. The third kappa shape index (κ3) is 2.65. The Balaban J connectivity index is 2.33. The number of nitrogens with zero attached hydrogens (tertiary/aromatic N) is 1. The minimum atomic E-state index is -0.736. The summed E-state index contributed by atoms with van der Waals surface area (Å²) in [5.41, 5.74) is 0.0352. The number of hydrogen-bond acceptors (Lipinski definition) is 3. The summed E-state index contributed by atoms with van der Waals surface area (Å²) in [6, 6.07) is 3.11. The predicted octanol–water partition coefficient (Wildman–Crippen LogP) is 2.32. The molecule has 0 amide bonds. The fraction of sp³-hybridized carbons (Fsp3) is 0.615. The molecular weight excluding hydrogens is 251 g/mol. The third-order valence-corrected chi connectivity index (χ3v) is 3.75. The number of hydrogen-bond donors (Lipinski definition) is 0. The Morgan fingerprint density at radius 2 is 1.42 bits per heavy atom. The molecule has 0 atom stereocenters. The van der Waals surface area contributed by atoms with Gasteiger partial charge in [-0.2, -0.15) is 0 Å². The van der Waals surface area contributed by atoms with Crippen molar-refractivity contribution in [3.63, 3.8) is 0 Å². The molecule has 1 aliphatic rings. The molecule has 1 saturated heterocycles. The van der Waals surface area contributed by atoms with Gasteiger partial charge in [-0.15, -0.1) is 0 Å². The largest absolute Gasteiger partial charge is 0.494 e. The van der Waals surface area contributed by atoms with Crippen LogP contribution in [0.4, 0.5) is 8.78 Å². The van der Waals surface area contributed by atoms with Crippen LogP contribution in [0.2, 0.25) is 0 Å². The van der Waals surface area contributed by atoms with E-state index in [1.54, 1.807) is 12.1 Å². The Labute approximate surface area is 112 Å². The first-order valence-electron chi connectivity index (χ1n) is 6.26. The van der Waals surface area contributed by atoms with Crippen LogP contribution in [-0.2, 0) is 22.7 Å². The van der Waals surface area contributed by atoms with E-state index in [9.17, 15) is 8.78 Å². The molecule has 1 aromatic rings. The number of halogens is 2. The van der Waals surface area contributed by atoms with Gasteiger partial charge in [-0.05, 0) is 45.3 Å². The van der Waals surface area contributed by atoms with Crippen molar-refractivity contribution in [1.29, 1.82) is 0 Å². The molecule has 104 valence electrons. The van der Waals surface area contributed by atoms with Gasteiger partial charge in [0.2, 0.25) is 0 Å². The van der Waals surface area contributed by atoms with E-state index in [0.717, 1.165) is 0 Å². The molecule has 0 unspecified atom stereocenters. The minimum absolute atomic E-state index is 0.194. The molecule has 19 heavy (non-hydrogen) atoms. The molecule has 2 heterocycles. The van der Waals surface area contributed by atoms with Crippen LogP contribution in [0.25, 0.3) is 0 Å². The van der Waals surface area contributed by atoms with Gasteiger partial charge < -0.3 is 9.31 Å². The van der Waals surface area contributed by atoms with Crippen LogP contribution in [0.5, 0.6) is 0 Å². The highest BCUT2D eigenvalue weighted by molar-refractivity contribution is 6.62. The molecular formula is C13H18BF2NO2. The summed E-state index contributed by atoms with van der Waals surface area (Å²) in [7, 11) is -0.622. The molecule has 1 aromatic heterocycles. The maximum atomic E-state index is 12.7. The summed E-state index contributed by atoms with van der Waals surface area (Å²) in [6.07, 6.45) is 0. The lowest BCUT2D eigenvalue weighted by Crippen LogP contribution is -2.41. The third-order valence-electron chi connectivity index (χ3n) is 3.75. The average molecular weight is 269 g/mol. The van der Waals surface area contributed by atoms with Crippen molar-refractivity contribution in [2.75, 3.05) is 0 Å². The summed E-state index contributed by atoms with van der Waals surface area (Å²) in [5, 5.41) is 0. The summed E-state index contributed by atoms with van der Waals surface area (Å²) in [4.78, 5) is 3.85. The van der Waals surface area contributed by atoms with Crippen molar-refractivity contribution < 1.29 is 18.1 Å². The highest BCUT2D eigenvalue weighted by Gasteiger charge is 2.51. The first-order chi connectivity index (χ1) is 8.79. The van der Waals surface area contributed by atoms with Crippen molar-refractivity contribution in [2.45, 2.75) is 52.2 Å². The molecule has 0 spiro atoms. The quantitative estimate of drug-likeness (QED) is 0.789. The van der Waals surface area contributed by atoms with Crippen LogP contribution < -0.4 is 5.46 Å². The normalized spacial score (nSPS) is 20.8. The summed E-state index contributed by atoms with van der Waals surface area (Å²) < 4.78 is 37.2. The fourth-order valence-corrected chi connectivity index (χ4v) is 1.93. The zero-order valence-corrected chi connectivity index (χ0v) is 11.7. The standard InChI is InChI=1S/C13H18BF2NO2/c1-12(2)13(3,4)19-14(18-12)9-5-10(7-15)17-11(6-9)8-16/h5-6H,7-8H2,1-4H3. The molecule has 6 heteroatoms. The van der Waals surface area contributed by atoms with Gasteiger partial charge in [-0.3, -0.25) is 4.98 Å². The molecule has 1 fully saturated rings. The van der Waals surface area contributed by atoms with Gasteiger partial charge >= 0.3 is 7.12 Å².